The Kier molecular flexibility index (Phi) is 3.30. The first kappa shape index (κ1) is 11.6. The third-order valence-corrected chi connectivity index (χ3v) is 3.51. The van der Waals surface area contributed by atoms with Gasteiger partial charge in [0.05, 0.1) is 18.6 Å². The fourth-order valence-electron chi connectivity index (χ4n) is 1.75. The minimum absolute atomic E-state index is 0.168. The Bertz CT molecular complexity index is 340. The van der Waals surface area contributed by atoms with Crippen LogP contribution in [0.1, 0.15) is 44.8 Å². The summed E-state index contributed by atoms with van der Waals surface area (Å²) in [6.45, 7) is 5.08. The molecule has 1 aromatic rings. The van der Waals surface area contributed by atoms with Crippen LogP contribution in [-0.2, 0) is 6.54 Å². The van der Waals surface area contributed by atoms with Crippen molar-refractivity contribution in [2.45, 2.75) is 51.2 Å². The van der Waals surface area contributed by atoms with Crippen molar-refractivity contribution in [3.63, 3.8) is 0 Å². The van der Waals surface area contributed by atoms with Crippen LogP contribution in [0.4, 0.5) is 0 Å². The van der Waals surface area contributed by atoms with Gasteiger partial charge in [-0.05, 0) is 26.2 Å². The average Bonchev–Trinajstić information content (AvgIpc) is 3.05. The molecule has 1 heterocycles. The molecule has 0 bridgehead atoms. The van der Waals surface area contributed by atoms with Gasteiger partial charge in [-0.3, -0.25) is 0 Å². The van der Waals surface area contributed by atoms with E-state index in [2.05, 4.69) is 21.8 Å². The first-order valence-electron chi connectivity index (χ1n) is 6.05. The molecule has 2 N–H and O–H groups in total. The number of rotatable bonds is 6. The van der Waals surface area contributed by atoms with Crippen LogP contribution in [0.2, 0.25) is 0 Å². The highest BCUT2D eigenvalue weighted by Gasteiger charge is 2.26. The van der Waals surface area contributed by atoms with Gasteiger partial charge in [-0.1, -0.05) is 6.92 Å². The van der Waals surface area contributed by atoms with E-state index >= 15 is 0 Å². The van der Waals surface area contributed by atoms with E-state index in [1.807, 2.05) is 19.4 Å². The van der Waals surface area contributed by atoms with Crippen molar-refractivity contribution in [2.24, 2.45) is 0 Å². The number of nitrogens with one attached hydrogen (secondary N) is 1. The molecule has 4 heteroatoms. The molecule has 1 unspecified atom stereocenters. The molecule has 0 aliphatic heterocycles. The second-order valence-corrected chi connectivity index (χ2v) is 4.95. The van der Waals surface area contributed by atoms with Crippen LogP contribution in [0.15, 0.2) is 12.5 Å². The smallest absolute Gasteiger partial charge is 0.0951 e. The molecule has 1 aliphatic rings. The summed E-state index contributed by atoms with van der Waals surface area (Å²) in [6.07, 6.45) is 7.29. The molecule has 0 saturated heterocycles. The van der Waals surface area contributed by atoms with Gasteiger partial charge in [0.25, 0.3) is 0 Å². The Morgan fingerprint density at radius 1 is 1.62 bits per heavy atom. The van der Waals surface area contributed by atoms with Gasteiger partial charge in [-0.2, -0.15) is 0 Å². The molecule has 0 amide bonds. The highest BCUT2D eigenvalue weighted by molar-refractivity contribution is 5.04. The van der Waals surface area contributed by atoms with Crippen molar-refractivity contribution in [1.29, 1.82) is 0 Å². The van der Waals surface area contributed by atoms with E-state index in [4.69, 9.17) is 0 Å². The topological polar surface area (TPSA) is 50.1 Å². The number of imidazole rings is 1. The number of nitrogens with zero attached hydrogens (tertiary/aromatic N) is 2. The van der Waals surface area contributed by atoms with E-state index in [0.717, 1.165) is 13.0 Å². The minimum Gasteiger partial charge on any atom is -0.394 e. The van der Waals surface area contributed by atoms with Crippen LogP contribution in [0.3, 0.4) is 0 Å². The zero-order valence-corrected chi connectivity index (χ0v) is 10.1. The summed E-state index contributed by atoms with van der Waals surface area (Å²) in [5.41, 5.74) is 1.04. The molecular weight excluding hydrogens is 202 g/mol. The second-order valence-electron chi connectivity index (χ2n) is 4.95. The van der Waals surface area contributed by atoms with Crippen LogP contribution in [0, 0.1) is 0 Å². The van der Waals surface area contributed by atoms with E-state index in [0.29, 0.717) is 6.04 Å². The van der Waals surface area contributed by atoms with Crippen molar-refractivity contribution >= 4 is 0 Å². The van der Waals surface area contributed by atoms with Crippen LogP contribution in [0.5, 0.6) is 0 Å². The summed E-state index contributed by atoms with van der Waals surface area (Å²) < 4.78 is 2.25. The van der Waals surface area contributed by atoms with Gasteiger partial charge in [-0.25, -0.2) is 4.98 Å². The van der Waals surface area contributed by atoms with Gasteiger partial charge in [0.15, 0.2) is 0 Å². The molecule has 0 aromatic carbocycles. The fourth-order valence-corrected chi connectivity index (χ4v) is 1.75. The largest absolute Gasteiger partial charge is 0.394 e. The van der Waals surface area contributed by atoms with Crippen molar-refractivity contribution in [2.75, 3.05) is 6.61 Å². The maximum Gasteiger partial charge on any atom is 0.0951 e. The Balaban J connectivity index is 1.96. The zero-order valence-electron chi connectivity index (χ0n) is 10.1. The maximum absolute atomic E-state index is 9.32. The summed E-state index contributed by atoms with van der Waals surface area (Å²) >= 11 is 0. The summed E-state index contributed by atoms with van der Waals surface area (Å²) in [4.78, 5) is 4.20. The predicted octanol–water partition coefficient (Wildman–Crippen LogP) is 1.47. The van der Waals surface area contributed by atoms with E-state index in [1.165, 1.54) is 18.5 Å². The Morgan fingerprint density at radius 3 is 2.94 bits per heavy atom. The second kappa shape index (κ2) is 4.55. The lowest BCUT2D eigenvalue weighted by atomic mass is 10.0. The summed E-state index contributed by atoms with van der Waals surface area (Å²) in [6, 6.07) is 0.668. The summed E-state index contributed by atoms with van der Waals surface area (Å²) in [5, 5.41) is 12.7. The molecular formula is C12H21N3O. The summed E-state index contributed by atoms with van der Waals surface area (Å²) in [5.74, 6) is 0. The van der Waals surface area contributed by atoms with Gasteiger partial charge < -0.3 is 15.0 Å². The number of aliphatic hydroxyl groups excluding tert-OH is 1. The first-order chi connectivity index (χ1) is 7.68. The number of aromatic nitrogens is 2. The monoisotopic (exact) mass is 223 g/mol. The molecule has 0 radical (unpaired) electrons. The molecule has 0 spiro atoms. The molecule has 2 rings (SSSR count). The molecule has 90 valence electrons. The lowest BCUT2D eigenvalue weighted by molar-refractivity contribution is 0.168. The molecule has 1 atom stereocenters. The normalized spacial score (nSPS) is 19.7. The minimum atomic E-state index is -0.182. The van der Waals surface area contributed by atoms with Crippen LogP contribution >= 0.6 is 0 Å². The van der Waals surface area contributed by atoms with E-state index in [9.17, 15) is 5.11 Å². The van der Waals surface area contributed by atoms with Gasteiger partial charge in [-0.15, -0.1) is 0 Å². The summed E-state index contributed by atoms with van der Waals surface area (Å²) in [7, 11) is 0. The average molecular weight is 223 g/mol. The lowest BCUT2D eigenvalue weighted by Gasteiger charge is -2.27. The third-order valence-electron chi connectivity index (χ3n) is 3.51. The number of hydrogen-bond acceptors (Lipinski definition) is 3. The van der Waals surface area contributed by atoms with E-state index in [-0.39, 0.29) is 12.1 Å². The highest BCUT2D eigenvalue weighted by atomic mass is 16.3. The highest BCUT2D eigenvalue weighted by Crippen LogP contribution is 2.35. The Labute approximate surface area is 96.7 Å². The maximum atomic E-state index is 9.32. The Morgan fingerprint density at radius 2 is 2.38 bits per heavy atom. The third kappa shape index (κ3) is 2.44. The molecule has 1 saturated carbocycles. The predicted molar refractivity (Wildman–Crippen MR) is 63.1 cm³/mol. The van der Waals surface area contributed by atoms with Gasteiger partial charge in [0.2, 0.25) is 0 Å². The van der Waals surface area contributed by atoms with Gasteiger partial charge in [0, 0.05) is 24.3 Å². The lowest BCUT2D eigenvalue weighted by Crippen LogP contribution is -2.44. The van der Waals surface area contributed by atoms with E-state index in [1.54, 1.807) is 0 Å². The van der Waals surface area contributed by atoms with Crippen LogP contribution in [-0.4, -0.2) is 26.8 Å². The van der Waals surface area contributed by atoms with E-state index < -0.39 is 0 Å². The first-order valence-corrected chi connectivity index (χ1v) is 6.05. The number of hydrogen-bond donors (Lipinski definition) is 2. The molecule has 1 aromatic heterocycles. The SMILES string of the molecule is CCC(C)(CO)NCc1cncn1C1CC1. The Hall–Kier alpha value is -0.870. The molecule has 16 heavy (non-hydrogen) atoms. The van der Waals surface area contributed by atoms with Crippen molar-refractivity contribution in [3.05, 3.63) is 18.2 Å². The van der Waals surface area contributed by atoms with Gasteiger partial charge in [0.1, 0.15) is 0 Å². The van der Waals surface area contributed by atoms with Crippen LogP contribution < -0.4 is 5.32 Å². The molecule has 4 nitrogen and oxygen atoms in total. The molecule has 1 aliphatic carbocycles. The van der Waals surface area contributed by atoms with Crippen molar-refractivity contribution in [3.8, 4) is 0 Å². The van der Waals surface area contributed by atoms with Crippen molar-refractivity contribution < 1.29 is 5.11 Å². The standard InChI is InChI=1S/C12H21N3O/c1-3-12(2,8-16)14-7-11-6-13-9-15(11)10-4-5-10/h6,9-10,14,16H,3-5,7-8H2,1-2H3. The van der Waals surface area contributed by atoms with Crippen LogP contribution in [0.25, 0.3) is 0 Å². The molecule has 1 fully saturated rings. The zero-order chi connectivity index (χ0) is 11.6. The number of aliphatic hydroxyl groups is 1. The van der Waals surface area contributed by atoms with Crippen molar-refractivity contribution in [1.82, 2.24) is 14.9 Å². The van der Waals surface area contributed by atoms with Gasteiger partial charge >= 0.3 is 0 Å². The quantitative estimate of drug-likeness (QED) is 0.768. The fraction of sp³-hybridized carbons (Fsp3) is 0.750.